The highest BCUT2D eigenvalue weighted by molar-refractivity contribution is 7.09. The number of fused-ring (bicyclic) bond motifs is 2. The summed E-state index contributed by atoms with van der Waals surface area (Å²) in [6, 6.07) is 4.09. The molecule has 0 spiro atoms. The van der Waals surface area contributed by atoms with E-state index in [9.17, 15) is 4.79 Å². The highest BCUT2D eigenvalue weighted by Crippen LogP contribution is 2.46. The van der Waals surface area contributed by atoms with Gasteiger partial charge in [0.1, 0.15) is 5.65 Å². The van der Waals surface area contributed by atoms with Crippen LogP contribution in [-0.4, -0.2) is 95.0 Å². The van der Waals surface area contributed by atoms with Crippen molar-refractivity contribution in [2.75, 3.05) is 58.5 Å². The van der Waals surface area contributed by atoms with E-state index in [1.54, 1.807) is 0 Å². The Morgan fingerprint density at radius 2 is 1.88 bits per heavy atom. The number of ether oxygens (including phenoxy) is 4. The van der Waals surface area contributed by atoms with Gasteiger partial charge in [-0.2, -0.15) is 9.36 Å². The van der Waals surface area contributed by atoms with Crippen LogP contribution >= 0.6 is 11.5 Å². The molecule has 0 N–H and O–H groups in total. The van der Waals surface area contributed by atoms with Gasteiger partial charge in [0.2, 0.25) is 5.95 Å². The minimum Gasteiger partial charge on any atom is -0.490 e. The van der Waals surface area contributed by atoms with E-state index in [1.165, 1.54) is 24.7 Å². The molecule has 6 rings (SSSR count). The predicted molar refractivity (Wildman–Crippen MR) is 203 cm³/mol. The zero-order valence-corrected chi connectivity index (χ0v) is 32.9. The first-order chi connectivity index (χ1) is 24.8. The lowest BCUT2D eigenvalue weighted by Crippen LogP contribution is -2.43. The second-order valence-electron chi connectivity index (χ2n) is 14.9. The predicted octanol–water partition coefficient (Wildman–Crippen LogP) is 7.20. The number of carbonyl (C=O) groups excluding carboxylic acids is 1. The molecule has 1 saturated heterocycles. The van der Waals surface area contributed by atoms with Crippen LogP contribution in [0.4, 0.5) is 10.3 Å². The van der Waals surface area contributed by atoms with Crippen LogP contribution in [0.3, 0.4) is 0 Å². The topological polar surface area (TPSA) is 104 Å². The molecule has 52 heavy (non-hydrogen) atoms. The molecule has 5 heterocycles. The van der Waals surface area contributed by atoms with Gasteiger partial charge in [0.05, 0.1) is 25.0 Å². The fourth-order valence-corrected chi connectivity index (χ4v) is 8.30. The van der Waals surface area contributed by atoms with Crippen LogP contribution in [0.1, 0.15) is 81.9 Å². The van der Waals surface area contributed by atoms with Crippen molar-refractivity contribution >= 4 is 34.5 Å². The molecule has 282 valence electrons. The number of carbonyl (C=O) groups is 1. The van der Waals surface area contributed by atoms with E-state index in [0.29, 0.717) is 58.8 Å². The molecule has 3 aromatic heterocycles. The van der Waals surface area contributed by atoms with E-state index >= 15 is 4.39 Å². The van der Waals surface area contributed by atoms with E-state index in [4.69, 9.17) is 33.3 Å². The lowest BCUT2D eigenvalue weighted by Gasteiger charge is -2.35. The molecule has 0 bridgehead atoms. The van der Waals surface area contributed by atoms with Crippen molar-refractivity contribution in [3.05, 3.63) is 40.3 Å². The molecule has 13 heteroatoms. The average Bonchev–Trinajstić information content (AvgIpc) is 3.74. The Morgan fingerprint density at radius 1 is 1.13 bits per heavy atom. The first-order valence-corrected chi connectivity index (χ1v) is 19.2. The first kappa shape index (κ1) is 38.1. The summed E-state index contributed by atoms with van der Waals surface area (Å²) < 4.78 is 45.8. The number of hydrogen-bond acceptors (Lipinski definition) is 11. The number of pyridine rings is 1. The number of hydrogen-bond donors (Lipinski definition) is 0. The van der Waals surface area contributed by atoms with Crippen molar-refractivity contribution in [1.82, 2.24) is 23.8 Å². The zero-order valence-electron chi connectivity index (χ0n) is 32.1. The normalized spacial score (nSPS) is 15.9. The second-order valence-corrected chi connectivity index (χ2v) is 15.7. The van der Waals surface area contributed by atoms with Crippen LogP contribution < -0.4 is 9.64 Å². The molecule has 0 aliphatic carbocycles. The molecular weight excluding hydrogens is 684 g/mol. The first-order valence-electron chi connectivity index (χ1n) is 18.4. The number of aryl methyl sites for hydroxylation is 2. The summed E-state index contributed by atoms with van der Waals surface area (Å²) in [4.78, 5) is 28.3. The van der Waals surface area contributed by atoms with Crippen molar-refractivity contribution in [3.8, 4) is 27.6 Å². The van der Waals surface area contributed by atoms with Gasteiger partial charge in [0, 0.05) is 74.2 Å². The minimum absolute atomic E-state index is 0.302. The maximum atomic E-state index is 15.9. The minimum atomic E-state index is -1.11. The van der Waals surface area contributed by atoms with Gasteiger partial charge in [-0.1, -0.05) is 6.92 Å². The number of rotatable bonds is 12. The second kappa shape index (κ2) is 15.8. The number of benzene rings is 1. The third-order valence-electron chi connectivity index (χ3n) is 10.2. The van der Waals surface area contributed by atoms with Gasteiger partial charge in [-0.3, -0.25) is 4.90 Å². The fourth-order valence-electron chi connectivity index (χ4n) is 7.54. The SMILES string of the molecule is CCCN(CCN(C)c1nsc(-c2cc3c(-c4cc(F)c5c(c4C)CCCO5)c([C@H](OC(C)(C)C)C(=O)OC)c(C)nc3n2C)n1)C1CCOCC1. The number of halogens is 1. The number of methoxy groups -OCH3 is 1. The standard InChI is InChI=1S/C39H53FN6O5S/c1-10-15-46(25-13-19-49-20-14-25)17-16-44(7)38-42-36(52-43-38)30-22-28-32(27-21-29(40)33-26(23(27)2)12-11-18-50-33)31(24(3)41-35(28)45(30)8)34(37(47)48-9)51-39(4,5)6/h21-22,25,34H,10-20H2,1-9H3/t34-/m0/s1. The van der Waals surface area contributed by atoms with E-state index < -0.39 is 23.5 Å². The lowest BCUT2D eigenvalue weighted by molar-refractivity contribution is -0.164. The van der Waals surface area contributed by atoms with Crippen molar-refractivity contribution in [2.24, 2.45) is 7.05 Å². The van der Waals surface area contributed by atoms with Crippen LogP contribution in [0.15, 0.2) is 12.1 Å². The van der Waals surface area contributed by atoms with Crippen molar-refractivity contribution in [2.45, 2.75) is 91.4 Å². The Hall–Kier alpha value is -3.65. The van der Waals surface area contributed by atoms with Gasteiger partial charge in [0.15, 0.2) is 22.7 Å². The van der Waals surface area contributed by atoms with Crippen LogP contribution in [0.25, 0.3) is 32.9 Å². The van der Waals surface area contributed by atoms with Crippen LogP contribution in [-0.2, 0) is 32.5 Å². The Kier molecular flexibility index (Phi) is 11.5. The number of anilines is 1. The van der Waals surface area contributed by atoms with Gasteiger partial charge in [-0.15, -0.1) is 0 Å². The molecule has 0 radical (unpaired) electrons. The summed E-state index contributed by atoms with van der Waals surface area (Å²) in [5, 5.41) is 1.49. The Morgan fingerprint density at radius 3 is 2.58 bits per heavy atom. The summed E-state index contributed by atoms with van der Waals surface area (Å²) in [7, 11) is 5.34. The van der Waals surface area contributed by atoms with Crippen LogP contribution in [0.2, 0.25) is 0 Å². The summed E-state index contributed by atoms with van der Waals surface area (Å²) in [5.41, 5.74) is 5.00. The number of aromatic nitrogens is 4. The summed E-state index contributed by atoms with van der Waals surface area (Å²) in [6.45, 7) is 16.6. The fraction of sp³-hybridized carbons (Fsp3) is 0.590. The average molecular weight is 737 g/mol. The highest BCUT2D eigenvalue weighted by Gasteiger charge is 2.35. The smallest absolute Gasteiger partial charge is 0.339 e. The molecule has 1 fully saturated rings. The van der Waals surface area contributed by atoms with Gasteiger partial charge < -0.3 is 28.4 Å². The van der Waals surface area contributed by atoms with Crippen molar-refractivity contribution < 1.29 is 28.1 Å². The molecule has 1 aromatic carbocycles. The zero-order chi connectivity index (χ0) is 37.3. The van der Waals surface area contributed by atoms with Crippen LogP contribution in [0, 0.1) is 19.7 Å². The summed E-state index contributed by atoms with van der Waals surface area (Å²) in [6.07, 6.45) is 3.61. The molecule has 4 aromatic rings. The van der Waals surface area contributed by atoms with Gasteiger partial charge in [-0.05, 0) is 108 Å². The maximum absolute atomic E-state index is 15.9. The van der Waals surface area contributed by atoms with E-state index in [0.717, 1.165) is 85.7 Å². The summed E-state index contributed by atoms with van der Waals surface area (Å²) in [5.74, 6) is -0.0216. The highest BCUT2D eigenvalue weighted by atomic mass is 32.1. The van der Waals surface area contributed by atoms with E-state index in [1.807, 2.05) is 59.3 Å². The Balaban J connectivity index is 1.45. The molecule has 2 aliphatic heterocycles. The Bertz CT molecular complexity index is 1910. The molecule has 11 nitrogen and oxygen atoms in total. The monoisotopic (exact) mass is 736 g/mol. The molecule has 2 aliphatic rings. The van der Waals surface area contributed by atoms with E-state index in [2.05, 4.69) is 16.7 Å². The molecule has 0 unspecified atom stereocenters. The Labute approximate surface area is 310 Å². The summed E-state index contributed by atoms with van der Waals surface area (Å²) >= 11 is 1.33. The largest absolute Gasteiger partial charge is 0.490 e. The van der Waals surface area contributed by atoms with Gasteiger partial charge in [0.25, 0.3) is 0 Å². The van der Waals surface area contributed by atoms with E-state index in [-0.39, 0.29) is 0 Å². The van der Waals surface area contributed by atoms with Gasteiger partial charge in [-0.25, -0.2) is 14.2 Å². The van der Waals surface area contributed by atoms with Gasteiger partial charge >= 0.3 is 5.97 Å². The molecular formula is C39H53FN6O5S. The van der Waals surface area contributed by atoms with Crippen LogP contribution in [0.5, 0.6) is 5.75 Å². The molecule has 1 atom stereocenters. The van der Waals surface area contributed by atoms with Crippen molar-refractivity contribution in [1.29, 1.82) is 0 Å². The number of likely N-dealkylation sites (N-methyl/N-ethyl adjacent to an activating group) is 1. The number of nitrogens with zero attached hydrogens (tertiary/aromatic N) is 6. The quantitative estimate of drug-likeness (QED) is 0.139. The third kappa shape index (κ3) is 7.69. The van der Waals surface area contributed by atoms with Crippen molar-refractivity contribution in [3.63, 3.8) is 0 Å². The maximum Gasteiger partial charge on any atom is 0.339 e. The number of esters is 1. The molecule has 0 amide bonds. The lowest BCUT2D eigenvalue weighted by atomic mass is 9.86. The molecule has 0 saturated carbocycles. The third-order valence-corrected chi connectivity index (χ3v) is 10.9.